The van der Waals surface area contributed by atoms with Crippen molar-refractivity contribution in [2.75, 3.05) is 19.0 Å². The molecule has 2 unspecified atom stereocenters. The van der Waals surface area contributed by atoms with Crippen LogP contribution in [0.2, 0.25) is 0 Å². The van der Waals surface area contributed by atoms with Gasteiger partial charge in [0, 0.05) is 17.6 Å². The second-order valence-corrected chi connectivity index (χ2v) is 6.60. The van der Waals surface area contributed by atoms with E-state index in [-0.39, 0.29) is 11.9 Å². The van der Waals surface area contributed by atoms with Crippen molar-refractivity contribution in [1.82, 2.24) is 5.32 Å². The normalized spacial score (nSPS) is 18.9. The zero-order chi connectivity index (χ0) is 16.5. The van der Waals surface area contributed by atoms with E-state index in [0.717, 1.165) is 25.0 Å². The molecule has 0 bridgehead atoms. The Kier molecular flexibility index (Phi) is 7.22. The number of hydrogen-bond donors (Lipinski definition) is 2. The van der Waals surface area contributed by atoms with E-state index >= 15 is 0 Å². The second kappa shape index (κ2) is 9.42. The van der Waals surface area contributed by atoms with E-state index < -0.39 is 18.1 Å². The number of rotatable bonds is 7. The molecule has 1 aromatic carbocycles. The Bertz CT molecular complexity index is 504. The molecule has 1 fully saturated rings. The van der Waals surface area contributed by atoms with Crippen LogP contribution in [0, 0.1) is 0 Å². The average molecular weight is 339 g/mol. The number of alkyl carbamates (subject to hydrolysis) is 1. The monoisotopic (exact) mass is 339 g/mol. The fourth-order valence-electron chi connectivity index (χ4n) is 2.16. The predicted octanol–water partition coefficient (Wildman–Crippen LogP) is 2.28. The van der Waals surface area contributed by atoms with Gasteiger partial charge in [0.2, 0.25) is 0 Å². The Labute approximate surface area is 139 Å². The summed E-state index contributed by atoms with van der Waals surface area (Å²) in [5.41, 5.74) is 0.850. The van der Waals surface area contributed by atoms with Crippen molar-refractivity contribution in [1.29, 1.82) is 0 Å². The molecule has 2 atom stereocenters. The van der Waals surface area contributed by atoms with Gasteiger partial charge in [0.1, 0.15) is 12.6 Å². The minimum absolute atomic E-state index is 0.114. The molecule has 1 aliphatic heterocycles. The van der Waals surface area contributed by atoms with Gasteiger partial charge in [0.25, 0.3) is 0 Å². The number of carboxylic acid groups (broad SMARTS) is 1. The molecule has 0 aliphatic carbocycles. The van der Waals surface area contributed by atoms with Gasteiger partial charge >= 0.3 is 12.1 Å². The van der Waals surface area contributed by atoms with Gasteiger partial charge in [-0.25, -0.2) is 9.59 Å². The van der Waals surface area contributed by atoms with Crippen molar-refractivity contribution in [3.05, 3.63) is 35.9 Å². The van der Waals surface area contributed by atoms with Crippen LogP contribution in [0.15, 0.2) is 30.3 Å². The summed E-state index contributed by atoms with van der Waals surface area (Å²) in [6.07, 6.45) is 1.28. The molecule has 2 N–H and O–H groups in total. The highest BCUT2D eigenvalue weighted by molar-refractivity contribution is 8.00. The topological polar surface area (TPSA) is 84.9 Å². The molecule has 7 heteroatoms. The number of carboxylic acids is 1. The summed E-state index contributed by atoms with van der Waals surface area (Å²) in [4.78, 5) is 23.0. The first-order valence-electron chi connectivity index (χ1n) is 7.54. The maximum Gasteiger partial charge on any atom is 0.408 e. The lowest BCUT2D eigenvalue weighted by Crippen LogP contribution is -2.43. The molecular formula is C16H21NO5S. The first-order chi connectivity index (χ1) is 11.1. The minimum Gasteiger partial charge on any atom is -0.480 e. The molecule has 1 aliphatic rings. The Hall–Kier alpha value is -1.73. The largest absolute Gasteiger partial charge is 0.480 e. The van der Waals surface area contributed by atoms with Crippen molar-refractivity contribution in [3.63, 3.8) is 0 Å². The molecular weight excluding hydrogens is 318 g/mol. The van der Waals surface area contributed by atoms with E-state index in [4.69, 9.17) is 9.47 Å². The van der Waals surface area contributed by atoms with Gasteiger partial charge in [-0.3, -0.25) is 0 Å². The van der Waals surface area contributed by atoms with Gasteiger partial charge < -0.3 is 19.9 Å². The highest BCUT2D eigenvalue weighted by atomic mass is 32.2. The van der Waals surface area contributed by atoms with E-state index in [1.807, 2.05) is 30.3 Å². The summed E-state index contributed by atoms with van der Waals surface area (Å²) < 4.78 is 10.4. The van der Waals surface area contributed by atoms with Crippen LogP contribution in [-0.2, 0) is 20.9 Å². The third-order valence-corrected chi connectivity index (χ3v) is 4.79. The van der Waals surface area contributed by atoms with Gasteiger partial charge in [-0.1, -0.05) is 30.3 Å². The van der Waals surface area contributed by atoms with Crippen LogP contribution in [0.3, 0.4) is 0 Å². The van der Waals surface area contributed by atoms with Crippen molar-refractivity contribution in [2.24, 2.45) is 0 Å². The standard InChI is InChI=1S/C16H21NO5S/c18-15(19)14(11-23-13-7-4-8-21-10-13)17-16(20)22-9-12-5-2-1-3-6-12/h1-3,5-6,13-14H,4,7-11H2,(H,17,20)(H,18,19). The van der Waals surface area contributed by atoms with Gasteiger partial charge in [-0.15, -0.1) is 0 Å². The van der Waals surface area contributed by atoms with Gasteiger partial charge in [0.05, 0.1) is 6.61 Å². The first kappa shape index (κ1) is 17.6. The lowest BCUT2D eigenvalue weighted by molar-refractivity contribution is -0.138. The van der Waals surface area contributed by atoms with E-state index in [1.54, 1.807) is 0 Å². The number of amides is 1. The zero-order valence-electron chi connectivity index (χ0n) is 12.8. The Morgan fingerprint density at radius 3 is 2.83 bits per heavy atom. The quantitative estimate of drug-likeness (QED) is 0.793. The fourth-order valence-corrected chi connectivity index (χ4v) is 3.37. The summed E-state index contributed by atoms with van der Waals surface area (Å²) in [6, 6.07) is 8.27. The van der Waals surface area contributed by atoms with Crippen molar-refractivity contribution < 1.29 is 24.2 Å². The maximum absolute atomic E-state index is 11.8. The van der Waals surface area contributed by atoms with E-state index in [0.29, 0.717) is 12.4 Å². The van der Waals surface area contributed by atoms with Gasteiger partial charge in [0.15, 0.2) is 0 Å². The summed E-state index contributed by atoms with van der Waals surface area (Å²) in [6.45, 7) is 1.52. The number of aliphatic carboxylic acids is 1. The van der Waals surface area contributed by atoms with Gasteiger partial charge in [-0.2, -0.15) is 11.8 Å². The molecule has 126 valence electrons. The number of benzene rings is 1. The predicted molar refractivity (Wildman–Crippen MR) is 87.5 cm³/mol. The average Bonchev–Trinajstić information content (AvgIpc) is 2.58. The molecule has 1 amide bonds. The number of nitrogens with one attached hydrogen (secondary N) is 1. The van der Waals surface area contributed by atoms with Crippen LogP contribution < -0.4 is 5.32 Å². The molecule has 0 spiro atoms. The smallest absolute Gasteiger partial charge is 0.408 e. The Balaban J connectivity index is 1.74. The van der Waals surface area contributed by atoms with Crippen LogP contribution >= 0.6 is 11.8 Å². The molecule has 23 heavy (non-hydrogen) atoms. The van der Waals surface area contributed by atoms with Crippen LogP contribution in [0.25, 0.3) is 0 Å². The lowest BCUT2D eigenvalue weighted by atomic mass is 10.2. The Morgan fingerprint density at radius 2 is 2.17 bits per heavy atom. The zero-order valence-corrected chi connectivity index (χ0v) is 13.6. The molecule has 0 aromatic heterocycles. The minimum atomic E-state index is -1.06. The molecule has 0 radical (unpaired) electrons. The fraction of sp³-hybridized carbons (Fsp3) is 0.500. The molecule has 6 nitrogen and oxygen atoms in total. The Morgan fingerprint density at radius 1 is 1.39 bits per heavy atom. The molecule has 0 saturated carbocycles. The summed E-state index contributed by atoms with van der Waals surface area (Å²) in [5, 5.41) is 11.9. The third-order valence-electron chi connectivity index (χ3n) is 3.42. The van der Waals surface area contributed by atoms with E-state index in [2.05, 4.69) is 5.32 Å². The maximum atomic E-state index is 11.8. The molecule has 2 rings (SSSR count). The van der Waals surface area contributed by atoms with Crippen molar-refractivity contribution >= 4 is 23.8 Å². The van der Waals surface area contributed by atoms with Crippen LogP contribution in [0.4, 0.5) is 4.79 Å². The molecule has 1 saturated heterocycles. The highest BCUT2D eigenvalue weighted by Crippen LogP contribution is 2.21. The lowest BCUT2D eigenvalue weighted by Gasteiger charge is -2.23. The number of thioether (sulfide) groups is 1. The van der Waals surface area contributed by atoms with Crippen LogP contribution in [0.1, 0.15) is 18.4 Å². The highest BCUT2D eigenvalue weighted by Gasteiger charge is 2.23. The number of carbonyl (C=O) groups is 2. The van der Waals surface area contributed by atoms with Crippen LogP contribution in [0.5, 0.6) is 0 Å². The summed E-state index contributed by atoms with van der Waals surface area (Å²) >= 11 is 1.51. The van der Waals surface area contributed by atoms with E-state index in [1.165, 1.54) is 11.8 Å². The molecule has 1 heterocycles. The van der Waals surface area contributed by atoms with Crippen molar-refractivity contribution in [2.45, 2.75) is 30.7 Å². The number of carbonyl (C=O) groups excluding carboxylic acids is 1. The van der Waals surface area contributed by atoms with Gasteiger partial charge in [-0.05, 0) is 18.4 Å². The summed E-state index contributed by atoms with van der Waals surface area (Å²) in [5.74, 6) is -0.769. The van der Waals surface area contributed by atoms with E-state index in [9.17, 15) is 14.7 Å². The third kappa shape index (κ3) is 6.50. The summed E-state index contributed by atoms with van der Waals surface area (Å²) in [7, 11) is 0. The van der Waals surface area contributed by atoms with Crippen molar-refractivity contribution in [3.8, 4) is 0 Å². The number of ether oxygens (including phenoxy) is 2. The second-order valence-electron chi connectivity index (χ2n) is 5.27. The molecule has 1 aromatic rings. The first-order valence-corrected chi connectivity index (χ1v) is 8.59. The number of hydrogen-bond acceptors (Lipinski definition) is 5. The van der Waals surface area contributed by atoms with Crippen LogP contribution in [-0.4, -0.2) is 47.4 Å². The SMILES string of the molecule is O=C(NC(CSC1CCCOC1)C(=O)O)OCc1ccccc1.